The van der Waals surface area contributed by atoms with Crippen LogP contribution in [-0.2, 0) is 14.3 Å². The van der Waals surface area contributed by atoms with E-state index in [4.69, 9.17) is 4.74 Å². The molecular weight excluding hydrogens is 296 g/mol. The zero-order valence-corrected chi connectivity index (χ0v) is 13.4. The first-order valence-electron chi connectivity index (χ1n) is 7.82. The molecular formula is C16H24N4O3. The van der Waals surface area contributed by atoms with E-state index in [0.717, 1.165) is 38.5 Å². The minimum absolute atomic E-state index is 0.0526. The molecule has 0 aliphatic carbocycles. The lowest BCUT2D eigenvalue weighted by Crippen LogP contribution is -2.42. The van der Waals surface area contributed by atoms with Crippen molar-refractivity contribution in [2.24, 2.45) is 0 Å². The minimum Gasteiger partial charge on any atom is -0.379 e. The van der Waals surface area contributed by atoms with E-state index in [-0.39, 0.29) is 18.4 Å². The summed E-state index contributed by atoms with van der Waals surface area (Å²) in [5, 5.41) is 8.65. The minimum atomic E-state index is -0.122. The normalized spacial score (nSPS) is 15.0. The number of carbonyl (C=O) groups is 2. The lowest BCUT2D eigenvalue weighted by Gasteiger charge is -2.26. The van der Waals surface area contributed by atoms with E-state index >= 15 is 0 Å². The lowest BCUT2D eigenvalue weighted by atomic mass is 10.2. The largest absolute Gasteiger partial charge is 0.379 e. The first kappa shape index (κ1) is 17.2. The van der Waals surface area contributed by atoms with Crippen molar-refractivity contribution < 1.29 is 14.3 Å². The standard InChI is InChI=1S/C16H24N4O3/c1-13(21)19-15-4-2-3-14(11-15)18-12-16(22)17-5-6-20-7-9-23-10-8-20/h2-4,11,18H,5-10,12H2,1H3,(H,17,22)(H,19,21). The predicted octanol–water partition coefficient (Wildman–Crippen LogP) is 0.505. The van der Waals surface area contributed by atoms with E-state index in [2.05, 4.69) is 20.9 Å². The van der Waals surface area contributed by atoms with Crippen molar-refractivity contribution in [2.75, 3.05) is 56.6 Å². The van der Waals surface area contributed by atoms with Gasteiger partial charge in [0, 0.05) is 44.5 Å². The summed E-state index contributed by atoms with van der Waals surface area (Å²) in [7, 11) is 0. The summed E-state index contributed by atoms with van der Waals surface area (Å²) in [6, 6.07) is 7.27. The number of nitrogens with zero attached hydrogens (tertiary/aromatic N) is 1. The van der Waals surface area contributed by atoms with Crippen LogP contribution >= 0.6 is 0 Å². The molecule has 0 bridgehead atoms. The van der Waals surface area contributed by atoms with Crippen LogP contribution in [-0.4, -0.2) is 62.7 Å². The number of morpholine rings is 1. The van der Waals surface area contributed by atoms with E-state index in [1.54, 1.807) is 12.1 Å². The first-order valence-corrected chi connectivity index (χ1v) is 7.82. The van der Waals surface area contributed by atoms with Crippen molar-refractivity contribution >= 4 is 23.2 Å². The van der Waals surface area contributed by atoms with E-state index in [1.165, 1.54) is 6.92 Å². The molecule has 0 atom stereocenters. The zero-order valence-electron chi connectivity index (χ0n) is 13.4. The average Bonchev–Trinajstić information content (AvgIpc) is 2.54. The number of ether oxygens (including phenoxy) is 1. The lowest BCUT2D eigenvalue weighted by molar-refractivity contribution is -0.119. The number of amides is 2. The summed E-state index contributed by atoms with van der Waals surface area (Å²) in [5.74, 6) is -0.175. The van der Waals surface area contributed by atoms with Crippen LogP contribution in [0.15, 0.2) is 24.3 Å². The van der Waals surface area contributed by atoms with Gasteiger partial charge >= 0.3 is 0 Å². The maximum absolute atomic E-state index is 11.8. The summed E-state index contributed by atoms with van der Waals surface area (Å²) in [6.45, 7) is 6.50. The van der Waals surface area contributed by atoms with Gasteiger partial charge in [-0.15, -0.1) is 0 Å². The molecule has 1 fully saturated rings. The fraction of sp³-hybridized carbons (Fsp3) is 0.500. The van der Waals surface area contributed by atoms with Crippen molar-refractivity contribution in [3.05, 3.63) is 24.3 Å². The summed E-state index contributed by atoms with van der Waals surface area (Å²) in [6.07, 6.45) is 0. The fourth-order valence-electron chi connectivity index (χ4n) is 2.33. The molecule has 23 heavy (non-hydrogen) atoms. The van der Waals surface area contributed by atoms with Gasteiger partial charge in [0.05, 0.1) is 19.8 Å². The van der Waals surface area contributed by atoms with E-state index in [0.29, 0.717) is 12.2 Å². The maximum atomic E-state index is 11.8. The Bertz CT molecular complexity index is 530. The van der Waals surface area contributed by atoms with Gasteiger partial charge in [0.2, 0.25) is 11.8 Å². The van der Waals surface area contributed by atoms with Crippen LogP contribution in [0.1, 0.15) is 6.92 Å². The Labute approximate surface area is 136 Å². The summed E-state index contributed by atoms with van der Waals surface area (Å²) in [5.41, 5.74) is 1.50. The van der Waals surface area contributed by atoms with Gasteiger partial charge in [-0.2, -0.15) is 0 Å². The predicted molar refractivity (Wildman–Crippen MR) is 89.5 cm³/mol. The van der Waals surface area contributed by atoms with Crippen molar-refractivity contribution in [3.63, 3.8) is 0 Å². The molecule has 126 valence electrons. The van der Waals surface area contributed by atoms with Crippen LogP contribution in [0.2, 0.25) is 0 Å². The van der Waals surface area contributed by atoms with Crippen molar-refractivity contribution in [3.8, 4) is 0 Å². The molecule has 1 aromatic rings. The van der Waals surface area contributed by atoms with Crippen LogP contribution in [0.4, 0.5) is 11.4 Å². The van der Waals surface area contributed by atoms with E-state index < -0.39 is 0 Å². The molecule has 0 radical (unpaired) electrons. The molecule has 3 N–H and O–H groups in total. The molecule has 7 nitrogen and oxygen atoms in total. The summed E-state index contributed by atoms with van der Waals surface area (Å²) < 4.78 is 5.28. The first-order chi connectivity index (χ1) is 11.1. The second-order valence-corrected chi connectivity index (χ2v) is 5.42. The highest BCUT2D eigenvalue weighted by atomic mass is 16.5. The quantitative estimate of drug-likeness (QED) is 0.682. The van der Waals surface area contributed by atoms with Gasteiger partial charge in [-0.3, -0.25) is 14.5 Å². The Morgan fingerprint density at radius 3 is 2.70 bits per heavy atom. The van der Waals surface area contributed by atoms with Crippen molar-refractivity contribution in [1.29, 1.82) is 0 Å². The highest BCUT2D eigenvalue weighted by Crippen LogP contribution is 2.14. The highest BCUT2D eigenvalue weighted by Gasteiger charge is 2.10. The number of hydrogen-bond acceptors (Lipinski definition) is 5. The third-order valence-electron chi connectivity index (χ3n) is 3.49. The van der Waals surface area contributed by atoms with Gasteiger partial charge in [-0.25, -0.2) is 0 Å². The Morgan fingerprint density at radius 1 is 1.22 bits per heavy atom. The molecule has 1 heterocycles. The van der Waals surface area contributed by atoms with Crippen molar-refractivity contribution in [1.82, 2.24) is 10.2 Å². The number of rotatable bonds is 7. The Balaban J connectivity index is 1.66. The van der Waals surface area contributed by atoms with Crippen molar-refractivity contribution in [2.45, 2.75) is 6.92 Å². The second-order valence-electron chi connectivity index (χ2n) is 5.42. The fourth-order valence-corrected chi connectivity index (χ4v) is 2.33. The molecule has 1 aliphatic heterocycles. The monoisotopic (exact) mass is 320 g/mol. The SMILES string of the molecule is CC(=O)Nc1cccc(NCC(=O)NCCN2CCOCC2)c1. The third kappa shape index (κ3) is 6.66. The Morgan fingerprint density at radius 2 is 1.96 bits per heavy atom. The van der Waals surface area contributed by atoms with Gasteiger partial charge in [0.25, 0.3) is 0 Å². The number of benzene rings is 1. The van der Waals surface area contributed by atoms with Crippen LogP contribution < -0.4 is 16.0 Å². The van der Waals surface area contributed by atoms with Crippen LogP contribution in [0.25, 0.3) is 0 Å². The molecule has 7 heteroatoms. The van der Waals surface area contributed by atoms with Gasteiger partial charge in [0.15, 0.2) is 0 Å². The summed E-state index contributed by atoms with van der Waals surface area (Å²) in [4.78, 5) is 25.1. The van der Waals surface area contributed by atoms with E-state index in [1.807, 2.05) is 12.1 Å². The third-order valence-corrected chi connectivity index (χ3v) is 3.49. The molecule has 2 amide bonds. The van der Waals surface area contributed by atoms with Gasteiger partial charge in [-0.1, -0.05) is 6.07 Å². The molecule has 0 spiro atoms. The molecule has 0 unspecified atom stereocenters. The van der Waals surface area contributed by atoms with Crippen LogP contribution in [0.5, 0.6) is 0 Å². The van der Waals surface area contributed by atoms with Gasteiger partial charge < -0.3 is 20.7 Å². The van der Waals surface area contributed by atoms with Crippen LogP contribution in [0, 0.1) is 0 Å². The number of anilines is 2. The smallest absolute Gasteiger partial charge is 0.239 e. The van der Waals surface area contributed by atoms with Gasteiger partial charge in [0.1, 0.15) is 0 Å². The van der Waals surface area contributed by atoms with Crippen LogP contribution in [0.3, 0.4) is 0 Å². The molecule has 1 aliphatic rings. The average molecular weight is 320 g/mol. The zero-order chi connectivity index (χ0) is 16.5. The van der Waals surface area contributed by atoms with Gasteiger partial charge in [-0.05, 0) is 18.2 Å². The second kappa shape index (κ2) is 9.12. The molecule has 0 saturated carbocycles. The highest BCUT2D eigenvalue weighted by molar-refractivity contribution is 5.89. The van der Waals surface area contributed by atoms with E-state index in [9.17, 15) is 9.59 Å². The molecule has 1 saturated heterocycles. The Hall–Kier alpha value is -2.12. The summed E-state index contributed by atoms with van der Waals surface area (Å²) >= 11 is 0. The molecule has 1 aromatic carbocycles. The molecule has 2 rings (SSSR count). The molecule has 0 aromatic heterocycles. The Kier molecular flexibility index (Phi) is 6.83. The number of hydrogen-bond donors (Lipinski definition) is 3. The maximum Gasteiger partial charge on any atom is 0.239 e. The number of nitrogens with one attached hydrogen (secondary N) is 3. The topological polar surface area (TPSA) is 82.7 Å². The number of carbonyl (C=O) groups excluding carboxylic acids is 2.